The molecule has 2 aromatic carbocycles. The Morgan fingerprint density at radius 2 is 0.941 bits per heavy atom. The normalized spacial score (nSPS) is 8.59. The second kappa shape index (κ2) is 8.26. The predicted molar refractivity (Wildman–Crippen MR) is 64.4 cm³/mol. The van der Waals surface area contributed by atoms with Crippen molar-refractivity contribution in [3.05, 3.63) is 59.7 Å². The summed E-state index contributed by atoms with van der Waals surface area (Å²) in [6, 6.07) is 13.8. The molecule has 2 rings (SSSR count). The molecule has 2 aromatic rings. The van der Waals surface area contributed by atoms with E-state index in [1.807, 2.05) is 0 Å². The summed E-state index contributed by atoms with van der Waals surface area (Å²) in [5.74, 6) is 0. The maximum atomic E-state index is 10.3. The van der Waals surface area contributed by atoms with Crippen LogP contribution >= 0.6 is 23.2 Å². The zero-order valence-electron chi connectivity index (χ0n) is 8.54. The Morgan fingerprint density at radius 1 is 0.706 bits per heavy atom. The minimum absolute atomic E-state index is 0. The van der Waals surface area contributed by atoms with Crippen molar-refractivity contribution < 1.29 is 26.7 Å². The first-order chi connectivity index (χ1) is 7.61. The van der Waals surface area contributed by atoms with Crippen molar-refractivity contribution in [2.24, 2.45) is 0 Å². The van der Waals surface area contributed by atoms with Crippen molar-refractivity contribution in [3.8, 4) is 0 Å². The summed E-state index contributed by atoms with van der Waals surface area (Å²) in [6.45, 7) is 0. The van der Waals surface area contributed by atoms with Gasteiger partial charge in [0, 0.05) is 0 Å². The van der Waals surface area contributed by atoms with E-state index in [2.05, 4.69) is 0 Å². The Labute approximate surface area is 120 Å². The standard InChI is InChI=1S/2C6H4ClO.Fe/c2*7-6(8)5-3-1-2-4-5;/h2*1-4H;/q2*-1;+2. The topological polar surface area (TPSA) is 34.1 Å². The predicted octanol–water partition coefficient (Wildman–Crippen LogP) is 3.57. The Bertz CT molecular complexity index is 403. The van der Waals surface area contributed by atoms with Crippen molar-refractivity contribution in [1.82, 2.24) is 0 Å². The van der Waals surface area contributed by atoms with E-state index in [0.717, 1.165) is 0 Å². The van der Waals surface area contributed by atoms with Gasteiger partial charge in [0.05, 0.1) is 0 Å². The Balaban J connectivity index is 0.000000284. The van der Waals surface area contributed by atoms with E-state index >= 15 is 0 Å². The largest absolute Gasteiger partial charge is 2.00 e. The van der Waals surface area contributed by atoms with Gasteiger partial charge in [0.2, 0.25) is 0 Å². The van der Waals surface area contributed by atoms with E-state index in [0.29, 0.717) is 11.1 Å². The average molecular weight is 311 g/mol. The number of carbonyl (C=O) groups is 2. The number of rotatable bonds is 2. The molecule has 0 radical (unpaired) electrons. The molecular formula is C12H8Cl2FeO2. The summed E-state index contributed by atoms with van der Waals surface area (Å²) in [4.78, 5) is 20.5. The maximum Gasteiger partial charge on any atom is 2.00 e. The molecule has 0 saturated carbocycles. The van der Waals surface area contributed by atoms with Gasteiger partial charge in [-0.3, -0.25) is 9.59 Å². The van der Waals surface area contributed by atoms with Crippen LogP contribution in [-0.4, -0.2) is 10.5 Å². The van der Waals surface area contributed by atoms with Crippen molar-refractivity contribution in [1.29, 1.82) is 0 Å². The molecule has 0 aromatic heterocycles. The molecule has 0 amide bonds. The maximum absolute atomic E-state index is 10.3. The fourth-order valence-corrected chi connectivity index (χ4v) is 1.26. The monoisotopic (exact) mass is 310 g/mol. The number of halogens is 2. The summed E-state index contributed by atoms with van der Waals surface area (Å²) in [7, 11) is 0. The molecule has 5 heteroatoms. The van der Waals surface area contributed by atoms with E-state index in [1.165, 1.54) is 0 Å². The van der Waals surface area contributed by atoms with Gasteiger partial charge in [-0.05, 0) is 0 Å². The summed E-state index contributed by atoms with van der Waals surface area (Å²) < 4.78 is 0. The van der Waals surface area contributed by atoms with E-state index in [1.54, 1.807) is 48.5 Å². The van der Waals surface area contributed by atoms with Crippen LogP contribution in [0.25, 0.3) is 0 Å². The van der Waals surface area contributed by atoms with Gasteiger partial charge in [-0.2, -0.15) is 24.3 Å². The zero-order chi connectivity index (χ0) is 12.0. The molecule has 0 aliphatic heterocycles. The van der Waals surface area contributed by atoms with Crippen LogP contribution in [0.2, 0.25) is 0 Å². The summed E-state index contributed by atoms with van der Waals surface area (Å²) in [5, 5.41) is -0.787. The molecule has 0 spiro atoms. The molecule has 0 fully saturated rings. The molecule has 90 valence electrons. The number of carbonyl (C=O) groups excluding carboxylic acids is 2. The minimum Gasteiger partial charge on any atom is -0.291 e. The Hall–Kier alpha value is -0.861. The van der Waals surface area contributed by atoms with Gasteiger partial charge in [0.1, 0.15) is 0 Å². The number of hydrogen-bond donors (Lipinski definition) is 0. The molecule has 0 aliphatic carbocycles. The van der Waals surface area contributed by atoms with Crippen molar-refractivity contribution in [2.75, 3.05) is 0 Å². The first-order valence-corrected chi connectivity index (χ1v) is 5.20. The van der Waals surface area contributed by atoms with Crippen LogP contribution in [-0.2, 0) is 17.1 Å². The third-order valence-electron chi connectivity index (χ3n) is 1.78. The first-order valence-electron chi connectivity index (χ1n) is 4.44. The number of hydrogen-bond acceptors (Lipinski definition) is 2. The quantitative estimate of drug-likeness (QED) is 0.483. The Kier molecular flexibility index (Phi) is 7.84. The molecular weight excluding hydrogens is 303 g/mol. The third-order valence-corrected chi connectivity index (χ3v) is 2.22. The molecule has 0 bridgehead atoms. The van der Waals surface area contributed by atoms with E-state index in [4.69, 9.17) is 23.2 Å². The minimum atomic E-state index is -0.394. The van der Waals surface area contributed by atoms with Gasteiger partial charge in [-0.1, -0.05) is 34.3 Å². The molecule has 0 aliphatic rings. The smallest absolute Gasteiger partial charge is 0.291 e. The van der Waals surface area contributed by atoms with Gasteiger partial charge in [-0.15, -0.1) is 0 Å². The molecule has 0 atom stereocenters. The summed E-state index contributed by atoms with van der Waals surface area (Å²) in [5.41, 5.74) is 1.12. The fraction of sp³-hybridized carbons (Fsp3) is 0. The average Bonchev–Trinajstić information content (AvgIpc) is 2.93. The van der Waals surface area contributed by atoms with Crippen LogP contribution in [0.15, 0.2) is 48.5 Å². The van der Waals surface area contributed by atoms with Gasteiger partial charge < -0.3 is 0 Å². The van der Waals surface area contributed by atoms with Gasteiger partial charge >= 0.3 is 17.1 Å². The van der Waals surface area contributed by atoms with Gasteiger partial charge in [-0.25, -0.2) is 24.3 Å². The second-order valence-corrected chi connectivity index (χ2v) is 3.58. The fourth-order valence-electron chi connectivity index (χ4n) is 1.01. The van der Waals surface area contributed by atoms with Gasteiger partial charge in [0.15, 0.2) is 10.5 Å². The summed E-state index contributed by atoms with van der Waals surface area (Å²) in [6.07, 6.45) is 0. The van der Waals surface area contributed by atoms with Crippen LogP contribution in [0.4, 0.5) is 0 Å². The zero-order valence-corrected chi connectivity index (χ0v) is 11.2. The molecule has 0 unspecified atom stereocenters. The van der Waals surface area contributed by atoms with Crippen molar-refractivity contribution in [2.45, 2.75) is 0 Å². The van der Waals surface area contributed by atoms with Crippen LogP contribution < -0.4 is 0 Å². The van der Waals surface area contributed by atoms with Crippen LogP contribution in [0, 0.1) is 0 Å². The van der Waals surface area contributed by atoms with Crippen LogP contribution in [0.3, 0.4) is 0 Å². The van der Waals surface area contributed by atoms with E-state index < -0.39 is 10.5 Å². The van der Waals surface area contributed by atoms with Crippen LogP contribution in [0.5, 0.6) is 0 Å². The molecule has 17 heavy (non-hydrogen) atoms. The van der Waals surface area contributed by atoms with E-state index in [9.17, 15) is 9.59 Å². The third kappa shape index (κ3) is 5.85. The van der Waals surface area contributed by atoms with Crippen molar-refractivity contribution in [3.63, 3.8) is 0 Å². The SMILES string of the molecule is O=C(Cl)[c-]1cccc1.O=C(Cl)[c-]1cccc1.[Fe+2]. The van der Waals surface area contributed by atoms with Crippen molar-refractivity contribution >= 4 is 33.7 Å². The summed E-state index contributed by atoms with van der Waals surface area (Å²) >= 11 is 10.2. The Morgan fingerprint density at radius 3 is 1.06 bits per heavy atom. The second-order valence-electron chi connectivity index (χ2n) is 2.89. The molecule has 0 heterocycles. The van der Waals surface area contributed by atoms with E-state index in [-0.39, 0.29) is 17.1 Å². The first kappa shape index (κ1) is 16.1. The van der Waals surface area contributed by atoms with Gasteiger partial charge in [0.25, 0.3) is 0 Å². The molecule has 2 nitrogen and oxygen atoms in total. The molecule has 0 saturated heterocycles. The van der Waals surface area contributed by atoms with Crippen LogP contribution in [0.1, 0.15) is 20.7 Å². The molecule has 0 N–H and O–H groups in total.